The van der Waals surface area contributed by atoms with E-state index in [0.29, 0.717) is 11.8 Å². The van der Waals surface area contributed by atoms with E-state index in [2.05, 4.69) is 20.8 Å². The van der Waals surface area contributed by atoms with Crippen LogP contribution in [0.5, 0.6) is 0 Å². The van der Waals surface area contributed by atoms with Crippen LogP contribution in [0.1, 0.15) is 59.3 Å². The predicted octanol–water partition coefficient (Wildman–Crippen LogP) is 4.32. The van der Waals surface area contributed by atoms with E-state index in [9.17, 15) is 9.59 Å². The molecule has 7 heteroatoms. The Kier molecular flexibility index (Phi) is 6.89. The van der Waals surface area contributed by atoms with E-state index in [1.807, 2.05) is 38.6 Å². The molecule has 2 fully saturated rings. The number of carbonyl (C=O) groups is 2. The zero-order chi connectivity index (χ0) is 22.0. The second kappa shape index (κ2) is 9.63. The first kappa shape index (κ1) is 22.2. The van der Waals surface area contributed by atoms with Crippen LogP contribution < -0.4 is 0 Å². The van der Waals surface area contributed by atoms with Crippen molar-refractivity contribution in [2.45, 2.75) is 89.1 Å². The van der Waals surface area contributed by atoms with Crippen molar-refractivity contribution in [3.05, 3.63) is 24.3 Å². The Hall–Kier alpha value is -2.02. The largest absolute Gasteiger partial charge is 0.339 e. The molecule has 0 saturated carbocycles. The Bertz CT molecular complexity index is 933. The van der Waals surface area contributed by atoms with Crippen LogP contribution in [0.2, 0.25) is 0 Å². The number of imidazole rings is 1. The molecule has 2 aliphatic rings. The van der Waals surface area contributed by atoms with Crippen LogP contribution >= 0.6 is 11.8 Å². The highest BCUT2D eigenvalue weighted by molar-refractivity contribution is 7.99. The molecule has 1 aromatic heterocycles. The minimum Gasteiger partial charge on any atom is -0.339 e. The summed E-state index contributed by atoms with van der Waals surface area (Å²) in [5, 5.41) is 0.755. The molecule has 0 bridgehead atoms. The second-order valence-electron chi connectivity index (χ2n) is 9.12. The molecule has 3 heterocycles. The standard InChI is InChI=1S/C24H34N4O2S/c1-17-9-6-7-14-26(17)23(30)16-31-24-25-20-12-4-5-13-21(20)27(24)15-22(29)28-18(2)10-8-11-19(28)3/h4-5,12-13,17-19H,6-11,14-16H2,1-3H3/t17-,18-,19-/m1/s1. The summed E-state index contributed by atoms with van der Waals surface area (Å²) < 4.78 is 2.00. The lowest BCUT2D eigenvalue weighted by molar-refractivity contribution is -0.138. The number of likely N-dealkylation sites (tertiary alicyclic amines) is 2. The molecule has 0 N–H and O–H groups in total. The quantitative estimate of drug-likeness (QED) is 0.647. The van der Waals surface area contributed by atoms with E-state index in [4.69, 9.17) is 4.98 Å². The highest BCUT2D eigenvalue weighted by Gasteiger charge is 2.30. The highest BCUT2D eigenvalue weighted by atomic mass is 32.2. The number of rotatable bonds is 5. The molecule has 4 rings (SSSR count). The van der Waals surface area contributed by atoms with Crippen molar-refractivity contribution >= 4 is 34.6 Å². The van der Waals surface area contributed by atoms with Crippen LogP contribution in [0, 0.1) is 0 Å². The van der Waals surface area contributed by atoms with Crippen LogP contribution in [0.3, 0.4) is 0 Å². The lowest BCUT2D eigenvalue weighted by atomic mass is 9.97. The Labute approximate surface area is 189 Å². The zero-order valence-corrected chi connectivity index (χ0v) is 19.7. The van der Waals surface area contributed by atoms with E-state index in [1.165, 1.54) is 24.6 Å². The van der Waals surface area contributed by atoms with Gasteiger partial charge in [0.2, 0.25) is 11.8 Å². The van der Waals surface area contributed by atoms with Crippen LogP contribution in [0.15, 0.2) is 29.4 Å². The fourth-order valence-electron chi connectivity index (χ4n) is 5.12. The van der Waals surface area contributed by atoms with Crippen LogP contribution in [0.25, 0.3) is 11.0 Å². The van der Waals surface area contributed by atoms with Gasteiger partial charge < -0.3 is 14.4 Å². The monoisotopic (exact) mass is 442 g/mol. The molecule has 0 spiro atoms. The summed E-state index contributed by atoms with van der Waals surface area (Å²) >= 11 is 1.46. The Morgan fingerprint density at radius 3 is 2.42 bits per heavy atom. The third kappa shape index (κ3) is 4.76. The number of hydrogen-bond acceptors (Lipinski definition) is 4. The summed E-state index contributed by atoms with van der Waals surface area (Å²) in [5.74, 6) is 0.666. The number of carbonyl (C=O) groups excluding carboxylic acids is 2. The Balaban J connectivity index is 1.53. The van der Waals surface area contributed by atoms with E-state index in [-0.39, 0.29) is 30.4 Å². The molecular formula is C24H34N4O2S. The number of piperidine rings is 2. The van der Waals surface area contributed by atoms with Gasteiger partial charge in [0, 0.05) is 24.7 Å². The summed E-state index contributed by atoms with van der Waals surface area (Å²) in [7, 11) is 0. The molecule has 0 unspecified atom stereocenters. The number of thioether (sulfide) groups is 1. The predicted molar refractivity (Wildman–Crippen MR) is 125 cm³/mol. The van der Waals surface area contributed by atoms with Gasteiger partial charge in [0.25, 0.3) is 0 Å². The molecule has 3 atom stereocenters. The minimum absolute atomic E-state index is 0.140. The van der Waals surface area contributed by atoms with Crippen LogP contribution in [-0.2, 0) is 16.1 Å². The zero-order valence-electron chi connectivity index (χ0n) is 18.9. The number of fused-ring (bicyclic) bond motifs is 1. The van der Waals surface area contributed by atoms with Gasteiger partial charge in [-0.3, -0.25) is 9.59 Å². The van der Waals surface area contributed by atoms with Gasteiger partial charge in [-0.05, 0) is 71.4 Å². The van der Waals surface area contributed by atoms with Crippen molar-refractivity contribution in [2.24, 2.45) is 0 Å². The maximum Gasteiger partial charge on any atom is 0.243 e. The number of amides is 2. The normalized spacial score (nSPS) is 24.5. The SMILES string of the molecule is C[C@@H]1CCCCN1C(=O)CSc1nc2ccccc2n1CC(=O)N1[C@H](C)CCC[C@H]1C. The molecule has 2 aliphatic heterocycles. The molecule has 1 aromatic carbocycles. The van der Waals surface area contributed by atoms with E-state index in [0.717, 1.165) is 48.4 Å². The van der Waals surface area contributed by atoms with E-state index >= 15 is 0 Å². The molecule has 0 radical (unpaired) electrons. The molecule has 6 nitrogen and oxygen atoms in total. The summed E-state index contributed by atoms with van der Waals surface area (Å²) in [6.07, 6.45) is 6.66. The van der Waals surface area contributed by atoms with Crippen molar-refractivity contribution in [1.29, 1.82) is 0 Å². The smallest absolute Gasteiger partial charge is 0.243 e. The van der Waals surface area contributed by atoms with Gasteiger partial charge in [-0.1, -0.05) is 23.9 Å². The average molecular weight is 443 g/mol. The lowest BCUT2D eigenvalue weighted by Crippen LogP contribution is -2.48. The molecule has 2 aromatic rings. The van der Waals surface area contributed by atoms with Crippen molar-refractivity contribution in [3.8, 4) is 0 Å². The number of nitrogens with zero attached hydrogens (tertiary/aromatic N) is 4. The van der Waals surface area contributed by atoms with Gasteiger partial charge in [0.05, 0.1) is 16.8 Å². The summed E-state index contributed by atoms with van der Waals surface area (Å²) in [5.41, 5.74) is 1.82. The molecule has 0 aliphatic carbocycles. The summed E-state index contributed by atoms with van der Waals surface area (Å²) in [6, 6.07) is 8.77. The van der Waals surface area contributed by atoms with Gasteiger partial charge in [-0.15, -0.1) is 0 Å². The topological polar surface area (TPSA) is 58.4 Å². The second-order valence-corrected chi connectivity index (χ2v) is 10.1. The summed E-state index contributed by atoms with van der Waals surface area (Å²) in [4.78, 5) is 35.0. The lowest BCUT2D eigenvalue weighted by Gasteiger charge is -2.39. The Morgan fingerprint density at radius 1 is 0.968 bits per heavy atom. The van der Waals surface area contributed by atoms with Gasteiger partial charge in [0.15, 0.2) is 5.16 Å². The van der Waals surface area contributed by atoms with Crippen molar-refractivity contribution < 1.29 is 9.59 Å². The third-order valence-corrected chi connectivity index (χ3v) is 7.80. The molecule has 31 heavy (non-hydrogen) atoms. The van der Waals surface area contributed by atoms with E-state index < -0.39 is 0 Å². The van der Waals surface area contributed by atoms with Crippen molar-refractivity contribution in [1.82, 2.24) is 19.4 Å². The maximum absolute atomic E-state index is 13.3. The highest BCUT2D eigenvalue weighted by Crippen LogP contribution is 2.28. The molecular weight excluding hydrogens is 408 g/mol. The van der Waals surface area contributed by atoms with Gasteiger partial charge >= 0.3 is 0 Å². The maximum atomic E-state index is 13.3. The van der Waals surface area contributed by atoms with E-state index in [1.54, 1.807) is 0 Å². The number of aromatic nitrogens is 2. The molecule has 2 saturated heterocycles. The van der Waals surface area contributed by atoms with Crippen molar-refractivity contribution in [2.75, 3.05) is 12.3 Å². The van der Waals surface area contributed by atoms with Gasteiger partial charge in [-0.25, -0.2) is 4.98 Å². The molecule has 2 amide bonds. The fraction of sp³-hybridized carbons (Fsp3) is 0.625. The first-order chi connectivity index (χ1) is 15.0. The van der Waals surface area contributed by atoms with Gasteiger partial charge in [0.1, 0.15) is 6.54 Å². The van der Waals surface area contributed by atoms with Gasteiger partial charge in [-0.2, -0.15) is 0 Å². The number of hydrogen-bond donors (Lipinski definition) is 0. The first-order valence-corrected chi connectivity index (χ1v) is 12.6. The minimum atomic E-state index is 0.140. The molecule has 168 valence electrons. The number of para-hydroxylation sites is 2. The number of benzene rings is 1. The van der Waals surface area contributed by atoms with Crippen LogP contribution in [-0.4, -0.2) is 61.6 Å². The third-order valence-electron chi connectivity index (χ3n) is 6.84. The average Bonchev–Trinajstić information content (AvgIpc) is 3.09. The first-order valence-electron chi connectivity index (χ1n) is 11.6. The summed E-state index contributed by atoms with van der Waals surface area (Å²) in [6.45, 7) is 7.55. The Morgan fingerprint density at radius 2 is 1.68 bits per heavy atom. The van der Waals surface area contributed by atoms with Crippen molar-refractivity contribution in [3.63, 3.8) is 0 Å². The van der Waals surface area contributed by atoms with Crippen LogP contribution in [0.4, 0.5) is 0 Å². The fourth-order valence-corrected chi connectivity index (χ4v) is 6.02.